The van der Waals surface area contributed by atoms with Crippen molar-refractivity contribution in [2.75, 3.05) is 0 Å². The summed E-state index contributed by atoms with van der Waals surface area (Å²) in [6, 6.07) is 3.35. The number of nitrogens with zero attached hydrogens (tertiary/aromatic N) is 1. The van der Waals surface area contributed by atoms with Gasteiger partial charge < -0.3 is 15.0 Å². The fourth-order valence-electron chi connectivity index (χ4n) is 2.70. The third-order valence-corrected chi connectivity index (χ3v) is 3.74. The number of carbonyl (C=O) groups excluding carboxylic acids is 1. The molecule has 5 heteroatoms. The Bertz CT molecular complexity index is 473. The molecule has 0 atom stereocenters. The van der Waals surface area contributed by atoms with Gasteiger partial charge in [-0.25, -0.2) is 0 Å². The quantitative estimate of drug-likeness (QED) is 0.874. The number of carbonyl (C=O) groups is 2. The summed E-state index contributed by atoms with van der Waals surface area (Å²) in [4.78, 5) is 23.0. The summed E-state index contributed by atoms with van der Waals surface area (Å²) in [6.07, 6.45) is 7.07. The van der Waals surface area contributed by atoms with Crippen molar-refractivity contribution in [2.24, 2.45) is 0 Å². The van der Waals surface area contributed by atoms with E-state index >= 15 is 0 Å². The molecule has 0 radical (unpaired) electrons. The average Bonchev–Trinajstić information content (AvgIpc) is 2.76. The molecule has 0 aliphatic heterocycles. The molecule has 1 saturated carbocycles. The van der Waals surface area contributed by atoms with Gasteiger partial charge in [-0.3, -0.25) is 9.59 Å². The summed E-state index contributed by atoms with van der Waals surface area (Å²) in [5.74, 6) is -1.13. The Morgan fingerprint density at radius 1 is 1.37 bits per heavy atom. The van der Waals surface area contributed by atoms with Crippen molar-refractivity contribution in [1.82, 2.24) is 9.88 Å². The van der Waals surface area contributed by atoms with E-state index in [0.717, 1.165) is 25.7 Å². The molecule has 1 heterocycles. The lowest BCUT2D eigenvalue weighted by Gasteiger charge is -2.34. The van der Waals surface area contributed by atoms with Gasteiger partial charge in [0.05, 0.1) is 0 Å². The van der Waals surface area contributed by atoms with E-state index in [9.17, 15) is 9.59 Å². The van der Waals surface area contributed by atoms with Crippen LogP contribution in [0.25, 0.3) is 0 Å². The Labute approximate surface area is 112 Å². The largest absolute Gasteiger partial charge is 0.480 e. The lowest BCUT2D eigenvalue weighted by molar-refractivity contribution is -0.137. The van der Waals surface area contributed by atoms with Gasteiger partial charge in [0.1, 0.15) is 12.2 Å². The molecule has 0 bridgehead atoms. The van der Waals surface area contributed by atoms with Gasteiger partial charge in [-0.1, -0.05) is 19.3 Å². The van der Waals surface area contributed by atoms with E-state index in [-0.39, 0.29) is 18.0 Å². The van der Waals surface area contributed by atoms with E-state index < -0.39 is 5.97 Å². The second-order valence-corrected chi connectivity index (χ2v) is 5.49. The van der Waals surface area contributed by atoms with Crippen LogP contribution in [0.15, 0.2) is 18.3 Å². The molecule has 1 aromatic heterocycles. The summed E-state index contributed by atoms with van der Waals surface area (Å²) >= 11 is 0. The van der Waals surface area contributed by atoms with Crippen molar-refractivity contribution in [1.29, 1.82) is 0 Å². The Balaban J connectivity index is 2.07. The minimum Gasteiger partial charge on any atom is -0.480 e. The Kier molecular flexibility index (Phi) is 3.93. The molecule has 104 valence electrons. The van der Waals surface area contributed by atoms with Gasteiger partial charge in [0.2, 0.25) is 0 Å². The third kappa shape index (κ3) is 3.36. The number of carboxylic acid groups (broad SMARTS) is 1. The molecule has 0 spiro atoms. The van der Waals surface area contributed by atoms with Crippen LogP contribution in [0.4, 0.5) is 0 Å². The number of hydrogen-bond donors (Lipinski definition) is 2. The maximum Gasteiger partial charge on any atom is 0.323 e. The van der Waals surface area contributed by atoms with E-state index in [2.05, 4.69) is 12.2 Å². The molecule has 1 aliphatic rings. The second kappa shape index (κ2) is 5.47. The Morgan fingerprint density at radius 2 is 2.05 bits per heavy atom. The summed E-state index contributed by atoms with van der Waals surface area (Å²) < 4.78 is 1.46. The Morgan fingerprint density at radius 3 is 2.68 bits per heavy atom. The zero-order valence-corrected chi connectivity index (χ0v) is 11.2. The van der Waals surface area contributed by atoms with E-state index in [1.807, 2.05) is 0 Å². The first-order chi connectivity index (χ1) is 9.00. The molecular formula is C14H20N2O3. The lowest BCUT2D eigenvalue weighted by atomic mass is 9.83. The van der Waals surface area contributed by atoms with Crippen molar-refractivity contribution in [3.8, 4) is 0 Å². The molecular weight excluding hydrogens is 244 g/mol. The maximum absolute atomic E-state index is 12.3. The van der Waals surface area contributed by atoms with Crippen LogP contribution < -0.4 is 5.32 Å². The monoisotopic (exact) mass is 264 g/mol. The fourth-order valence-corrected chi connectivity index (χ4v) is 2.70. The van der Waals surface area contributed by atoms with E-state index in [1.165, 1.54) is 11.0 Å². The number of nitrogens with one attached hydrogen (secondary N) is 1. The highest BCUT2D eigenvalue weighted by Gasteiger charge is 2.29. The van der Waals surface area contributed by atoms with Gasteiger partial charge >= 0.3 is 5.97 Å². The number of hydrogen-bond acceptors (Lipinski definition) is 2. The molecule has 0 saturated heterocycles. The average molecular weight is 264 g/mol. The zero-order valence-electron chi connectivity index (χ0n) is 11.2. The first-order valence-electron chi connectivity index (χ1n) is 6.70. The first kappa shape index (κ1) is 13.6. The SMILES string of the molecule is CC1(NC(=O)c2cccn2CC(=O)O)CCCCC1. The fraction of sp³-hybridized carbons (Fsp3) is 0.571. The summed E-state index contributed by atoms with van der Waals surface area (Å²) in [5, 5.41) is 11.9. The topological polar surface area (TPSA) is 71.3 Å². The molecule has 2 N–H and O–H groups in total. The van der Waals surface area contributed by atoms with Crippen LogP contribution in [0, 0.1) is 0 Å². The summed E-state index contributed by atoms with van der Waals surface area (Å²) in [5.41, 5.74) is 0.252. The molecule has 0 aromatic carbocycles. The van der Waals surface area contributed by atoms with Gasteiger partial charge in [-0.05, 0) is 31.9 Å². The number of aliphatic carboxylic acids is 1. The number of rotatable bonds is 4. The highest BCUT2D eigenvalue weighted by Crippen LogP contribution is 2.27. The Hall–Kier alpha value is -1.78. The molecule has 5 nitrogen and oxygen atoms in total. The van der Waals surface area contributed by atoms with Crippen molar-refractivity contribution in [2.45, 2.75) is 51.1 Å². The zero-order chi connectivity index (χ0) is 13.9. The van der Waals surface area contributed by atoms with Crippen LogP contribution in [0.3, 0.4) is 0 Å². The van der Waals surface area contributed by atoms with Crippen molar-refractivity contribution >= 4 is 11.9 Å². The van der Waals surface area contributed by atoms with E-state index in [1.54, 1.807) is 18.3 Å². The van der Waals surface area contributed by atoms with Gasteiger partial charge in [-0.15, -0.1) is 0 Å². The minimum atomic E-state index is -0.950. The van der Waals surface area contributed by atoms with Gasteiger partial charge in [0.15, 0.2) is 0 Å². The van der Waals surface area contributed by atoms with Crippen molar-refractivity contribution in [3.63, 3.8) is 0 Å². The van der Waals surface area contributed by atoms with Crippen LogP contribution in [0.1, 0.15) is 49.5 Å². The molecule has 2 rings (SSSR count). The van der Waals surface area contributed by atoms with Gasteiger partial charge in [0.25, 0.3) is 5.91 Å². The van der Waals surface area contributed by atoms with Gasteiger partial charge in [0, 0.05) is 11.7 Å². The van der Waals surface area contributed by atoms with Crippen LogP contribution in [0.2, 0.25) is 0 Å². The predicted octanol–water partition coefficient (Wildman–Crippen LogP) is 2.03. The normalized spacial score (nSPS) is 17.9. The van der Waals surface area contributed by atoms with Gasteiger partial charge in [-0.2, -0.15) is 0 Å². The highest BCUT2D eigenvalue weighted by atomic mass is 16.4. The predicted molar refractivity (Wildman–Crippen MR) is 71.0 cm³/mol. The summed E-state index contributed by atoms with van der Waals surface area (Å²) in [6.45, 7) is 1.88. The summed E-state index contributed by atoms with van der Waals surface area (Å²) in [7, 11) is 0. The van der Waals surface area contributed by atoms with E-state index in [0.29, 0.717) is 5.69 Å². The van der Waals surface area contributed by atoms with Crippen LogP contribution in [-0.4, -0.2) is 27.1 Å². The van der Waals surface area contributed by atoms with E-state index in [4.69, 9.17) is 5.11 Å². The first-order valence-corrected chi connectivity index (χ1v) is 6.70. The van der Waals surface area contributed by atoms with Crippen molar-refractivity contribution in [3.05, 3.63) is 24.0 Å². The number of carboxylic acids is 1. The maximum atomic E-state index is 12.3. The molecule has 1 aromatic rings. The molecule has 1 amide bonds. The van der Waals surface area contributed by atoms with Crippen LogP contribution >= 0.6 is 0 Å². The molecule has 1 fully saturated rings. The highest BCUT2D eigenvalue weighted by molar-refractivity contribution is 5.93. The third-order valence-electron chi connectivity index (χ3n) is 3.74. The number of aromatic nitrogens is 1. The van der Waals surface area contributed by atoms with Crippen LogP contribution in [-0.2, 0) is 11.3 Å². The molecule has 0 unspecified atom stereocenters. The minimum absolute atomic E-state index is 0.159. The lowest BCUT2D eigenvalue weighted by Crippen LogP contribution is -2.47. The number of amides is 1. The standard InChI is InChI=1S/C14H20N2O3/c1-14(7-3-2-4-8-14)15-13(19)11-6-5-9-16(11)10-12(17)18/h5-6,9H,2-4,7-8,10H2,1H3,(H,15,19)(H,17,18). The van der Waals surface area contributed by atoms with Crippen LogP contribution in [0.5, 0.6) is 0 Å². The van der Waals surface area contributed by atoms with Crippen molar-refractivity contribution < 1.29 is 14.7 Å². The second-order valence-electron chi connectivity index (χ2n) is 5.49. The smallest absolute Gasteiger partial charge is 0.323 e. The molecule has 1 aliphatic carbocycles. The molecule has 19 heavy (non-hydrogen) atoms.